The predicted molar refractivity (Wildman–Crippen MR) is 79.7 cm³/mol. The minimum absolute atomic E-state index is 0.255. The Balaban J connectivity index is 2.36. The maximum Gasteiger partial charge on any atom is 0.124 e. The van der Waals surface area contributed by atoms with E-state index in [-0.39, 0.29) is 6.04 Å². The first-order chi connectivity index (χ1) is 9.29. The van der Waals surface area contributed by atoms with Gasteiger partial charge in [0, 0.05) is 18.2 Å². The van der Waals surface area contributed by atoms with Crippen LogP contribution in [0.3, 0.4) is 0 Å². The third-order valence-corrected chi connectivity index (χ3v) is 2.85. The van der Waals surface area contributed by atoms with Crippen molar-refractivity contribution in [1.82, 2.24) is 5.32 Å². The van der Waals surface area contributed by atoms with Gasteiger partial charge in [-0.05, 0) is 26.3 Å². The second kappa shape index (κ2) is 9.59. The molecule has 3 heteroatoms. The van der Waals surface area contributed by atoms with Crippen molar-refractivity contribution in [2.75, 3.05) is 26.4 Å². The molecule has 3 nitrogen and oxygen atoms in total. The SMILES string of the molecule is C=CCCOCCNC(C)c1ccccc1OCC. The van der Waals surface area contributed by atoms with Crippen LogP contribution in [0.1, 0.15) is 31.9 Å². The van der Waals surface area contributed by atoms with E-state index in [9.17, 15) is 0 Å². The molecule has 0 aliphatic carbocycles. The van der Waals surface area contributed by atoms with E-state index in [0.29, 0.717) is 6.61 Å². The minimum Gasteiger partial charge on any atom is -0.494 e. The lowest BCUT2D eigenvalue weighted by molar-refractivity contribution is 0.138. The van der Waals surface area contributed by atoms with Gasteiger partial charge in [-0.15, -0.1) is 6.58 Å². The Kier molecular flexibility index (Phi) is 7.94. The summed E-state index contributed by atoms with van der Waals surface area (Å²) in [5.74, 6) is 0.956. The molecule has 0 saturated heterocycles. The molecule has 106 valence electrons. The van der Waals surface area contributed by atoms with Crippen LogP contribution in [-0.4, -0.2) is 26.4 Å². The number of ether oxygens (including phenoxy) is 2. The Bertz CT molecular complexity index is 366. The molecule has 0 aromatic heterocycles. The molecule has 0 aliphatic heterocycles. The summed E-state index contributed by atoms with van der Waals surface area (Å²) in [5, 5.41) is 3.44. The van der Waals surface area contributed by atoms with Gasteiger partial charge in [0.2, 0.25) is 0 Å². The number of hydrogen-bond acceptors (Lipinski definition) is 3. The molecular weight excluding hydrogens is 238 g/mol. The molecule has 0 radical (unpaired) electrons. The lowest BCUT2D eigenvalue weighted by atomic mass is 10.1. The molecule has 0 aliphatic rings. The van der Waals surface area contributed by atoms with Gasteiger partial charge >= 0.3 is 0 Å². The van der Waals surface area contributed by atoms with Crippen LogP contribution in [-0.2, 0) is 4.74 Å². The number of benzene rings is 1. The van der Waals surface area contributed by atoms with Crippen molar-refractivity contribution in [1.29, 1.82) is 0 Å². The van der Waals surface area contributed by atoms with E-state index in [1.807, 2.05) is 31.2 Å². The molecule has 1 aromatic carbocycles. The summed E-state index contributed by atoms with van der Waals surface area (Å²) < 4.78 is 11.1. The van der Waals surface area contributed by atoms with E-state index >= 15 is 0 Å². The van der Waals surface area contributed by atoms with E-state index in [4.69, 9.17) is 9.47 Å². The van der Waals surface area contributed by atoms with Crippen LogP contribution in [0.2, 0.25) is 0 Å². The topological polar surface area (TPSA) is 30.5 Å². The van der Waals surface area contributed by atoms with E-state index < -0.39 is 0 Å². The highest BCUT2D eigenvalue weighted by molar-refractivity contribution is 5.35. The Morgan fingerprint density at radius 2 is 2.11 bits per heavy atom. The van der Waals surface area contributed by atoms with E-state index in [1.54, 1.807) is 0 Å². The van der Waals surface area contributed by atoms with Gasteiger partial charge < -0.3 is 14.8 Å². The smallest absolute Gasteiger partial charge is 0.124 e. The fraction of sp³-hybridized carbons (Fsp3) is 0.500. The van der Waals surface area contributed by atoms with Crippen LogP contribution >= 0.6 is 0 Å². The van der Waals surface area contributed by atoms with Crippen molar-refractivity contribution in [2.45, 2.75) is 26.3 Å². The molecule has 0 fully saturated rings. The Morgan fingerprint density at radius 1 is 1.32 bits per heavy atom. The second-order valence-electron chi connectivity index (χ2n) is 4.34. The minimum atomic E-state index is 0.255. The van der Waals surface area contributed by atoms with Crippen molar-refractivity contribution in [3.63, 3.8) is 0 Å². The highest BCUT2D eigenvalue weighted by Crippen LogP contribution is 2.24. The molecule has 0 saturated carbocycles. The van der Waals surface area contributed by atoms with Crippen molar-refractivity contribution in [2.24, 2.45) is 0 Å². The number of rotatable bonds is 10. The van der Waals surface area contributed by atoms with Crippen LogP contribution in [0.4, 0.5) is 0 Å². The lowest BCUT2D eigenvalue weighted by Crippen LogP contribution is -2.23. The Morgan fingerprint density at radius 3 is 2.84 bits per heavy atom. The van der Waals surface area contributed by atoms with Crippen LogP contribution in [0.25, 0.3) is 0 Å². The van der Waals surface area contributed by atoms with E-state index in [1.165, 1.54) is 5.56 Å². The third kappa shape index (κ3) is 5.90. The van der Waals surface area contributed by atoms with Crippen molar-refractivity contribution in [3.05, 3.63) is 42.5 Å². The monoisotopic (exact) mass is 263 g/mol. The highest BCUT2D eigenvalue weighted by atomic mass is 16.5. The fourth-order valence-corrected chi connectivity index (χ4v) is 1.85. The average molecular weight is 263 g/mol. The zero-order valence-electron chi connectivity index (χ0n) is 12.0. The fourth-order valence-electron chi connectivity index (χ4n) is 1.85. The Labute approximate surface area is 116 Å². The highest BCUT2D eigenvalue weighted by Gasteiger charge is 2.09. The normalized spacial score (nSPS) is 12.1. The molecule has 1 rings (SSSR count). The largest absolute Gasteiger partial charge is 0.494 e. The van der Waals surface area contributed by atoms with Crippen molar-refractivity contribution < 1.29 is 9.47 Å². The first-order valence-corrected chi connectivity index (χ1v) is 6.93. The molecule has 1 N–H and O–H groups in total. The van der Waals surface area contributed by atoms with Gasteiger partial charge in [-0.1, -0.05) is 24.3 Å². The standard InChI is InChI=1S/C16H25NO2/c1-4-6-12-18-13-11-17-14(3)15-9-7-8-10-16(15)19-5-2/h4,7-10,14,17H,1,5-6,11-13H2,2-3H3. The predicted octanol–water partition coefficient (Wildman–Crippen LogP) is 3.33. The first-order valence-electron chi connectivity index (χ1n) is 6.93. The summed E-state index contributed by atoms with van der Waals surface area (Å²) >= 11 is 0. The van der Waals surface area contributed by atoms with Gasteiger partial charge in [-0.3, -0.25) is 0 Å². The molecule has 0 amide bonds. The molecule has 1 unspecified atom stereocenters. The van der Waals surface area contributed by atoms with Gasteiger partial charge in [0.05, 0.1) is 19.8 Å². The van der Waals surface area contributed by atoms with Crippen molar-refractivity contribution >= 4 is 0 Å². The zero-order valence-corrected chi connectivity index (χ0v) is 12.0. The number of nitrogens with one attached hydrogen (secondary N) is 1. The van der Waals surface area contributed by atoms with Crippen LogP contribution < -0.4 is 10.1 Å². The Hall–Kier alpha value is -1.32. The van der Waals surface area contributed by atoms with Gasteiger partial charge in [0.1, 0.15) is 5.75 Å². The maximum absolute atomic E-state index is 5.64. The quantitative estimate of drug-likeness (QED) is 0.519. The average Bonchev–Trinajstić information content (AvgIpc) is 2.43. The lowest BCUT2D eigenvalue weighted by Gasteiger charge is -2.18. The molecule has 0 spiro atoms. The molecule has 0 heterocycles. The number of hydrogen-bond donors (Lipinski definition) is 1. The van der Waals surface area contributed by atoms with Gasteiger partial charge in [-0.25, -0.2) is 0 Å². The second-order valence-corrected chi connectivity index (χ2v) is 4.34. The van der Waals surface area contributed by atoms with Crippen LogP contribution in [0.5, 0.6) is 5.75 Å². The van der Waals surface area contributed by atoms with Gasteiger partial charge in [0.15, 0.2) is 0 Å². The van der Waals surface area contributed by atoms with E-state index in [0.717, 1.165) is 31.9 Å². The van der Waals surface area contributed by atoms with Crippen LogP contribution in [0.15, 0.2) is 36.9 Å². The molecular formula is C16H25NO2. The van der Waals surface area contributed by atoms with Crippen molar-refractivity contribution in [3.8, 4) is 5.75 Å². The molecule has 0 bridgehead atoms. The molecule has 1 atom stereocenters. The summed E-state index contributed by atoms with van der Waals surface area (Å²) in [6, 6.07) is 8.40. The summed E-state index contributed by atoms with van der Waals surface area (Å²) in [4.78, 5) is 0. The summed E-state index contributed by atoms with van der Waals surface area (Å²) in [7, 11) is 0. The van der Waals surface area contributed by atoms with E-state index in [2.05, 4.69) is 24.9 Å². The summed E-state index contributed by atoms with van der Waals surface area (Å²) in [6.07, 6.45) is 2.77. The summed E-state index contributed by atoms with van der Waals surface area (Å²) in [5.41, 5.74) is 1.19. The summed E-state index contributed by atoms with van der Waals surface area (Å²) in [6.45, 7) is 10.8. The zero-order chi connectivity index (χ0) is 13.9. The third-order valence-electron chi connectivity index (χ3n) is 2.85. The molecule has 1 aromatic rings. The first kappa shape index (κ1) is 15.7. The maximum atomic E-state index is 5.64. The van der Waals surface area contributed by atoms with Gasteiger partial charge in [0.25, 0.3) is 0 Å². The van der Waals surface area contributed by atoms with Gasteiger partial charge in [-0.2, -0.15) is 0 Å². The number of para-hydroxylation sites is 1. The van der Waals surface area contributed by atoms with Crippen LogP contribution in [0, 0.1) is 0 Å². The molecule has 19 heavy (non-hydrogen) atoms.